The Morgan fingerprint density at radius 2 is 2.19 bits per heavy atom. The Kier molecular flexibility index (Phi) is 4.50. The first-order valence-electron chi connectivity index (χ1n) is 6.33. The van der Waals surface area contributed by atoms with Gasteiger partial charge in [-0.2, -0.15) is 0 Å². The summed E-state index contributed by atoms with van der Waals surface area (Å²) in [6, 6.07) is 5.21. The van der Waals surface area contributed by atoms with Crippen molar-refractivity contribution < 1.29 is 14.7 Å². The van der Waals surface area contributed by atoms with Crippen LogP contribution in [0.5, 0.6) is 0 Å². The Bertz CT molecular complexity index is 675. The summed E-state index contributed by atoms with van der Waals surface area (Å²) in [6.45, 7) is 2.21. The fraction of sp³-hybridized carbons (Fsp3) is 0.133. The van der Waals surface area contributed by atoms with Gasteiger partial charge in [-0.3, -0.25) is 4.79 Å². The van der Waals surface area contributed by atoms with Crippen LogP contribution in [0.15, 0.2) is 36.8 Å². The highest BCUT2D eigenvalue weighted by Crippen LogP contribution is 2.11. The second kappa shape index (κ2) is 6.51. The van der Waals surface area contributed by atoms with Crippen LogP contribution < -0.4 is 5.32 Å². The molecule has 0 aliphatic heterocycles. The first kappa shape index (κ1) is 14.5. The van der Waals surface area contributed by atoms with Gasteiger partial charge in [0.05, 0.1) is 18.6 Å². The van der Waals surface area contributed by atoms with Crippen LogP contribution in [0.1, 0.15) is 27.2 Å². The van der Waals surface area contributed by atoms with Crippen molar-refractivity contribution in [3.63, 3.8) is 0 Å². The van der Waals surface area contributed by atoms with E-state index in [1.807, 2.05) is 13.0 Å². The van der Waals surface area contributed by atoms with E-state index in [0.29, 0.717) is 17.7 Å². The fourth-order valence-electron chi connectivity index (χ4n) is 1.87. The highest BCUT2D eigenvalue weighted by Gasteiger charge is 2.07. The molecule has 0 aliphatic carbocycles. The molecule has 0 aliphatic rings. The van der Waals surface area contributed by atoms with E-state index in [0.717, 1.165) is 17.3 Å². The van der Waals surface area contributed by atoms with Gasteiger partial charge in [0.25, 0.3) is 5.91 Å². The molecule has 1 aromatic heterocycles. The van der Waals surface area contributed by atoms with E-state index in [4.69, 9.17) is 5.11 Å². The van der Waals surface area contributed by atoms with Gasteiger partial charge in [-0.05, 0) is 36.3 Å². The van der Waals surface area contributed by atoms with Crippen molar-refractivity contribution in [3.05, 3.63) is 59.2 Å². The molecule has 0 saturated heterocycles. The molecular formula is C15H15N3O3. The van der Waals surface area contributed by atoms with Crippen molar-refractivity contribution in [2.45, 2.75) is 13.5 Å². The molecule has 3 N–H and O–H groups in total. The van der Waals surface area contributed by atoms with Crippen molar-refractivity contribution in [1.82, 2.24) is 15.3 Å². The van der Waals surface area contributed by atoms with Gasteiger partial charge >= 0.3 is 5.97 Å². The number of imidazole rings is 1. The third kappa shape index (κ3) is 4.31. The van der Waals surface area contributed by atoms with E-state index in [1.165, 1.54) is 6.08 Å². The third-order valence-corrected chi connectivity index (χ3v) is 2.77. The van der Waals surface area contributed by atoms with Crippen LogP contribution in [0, 0.1) is 6.92 Å². The fourth-order valence-corrected chi connectivity index (χ4v) is 1.87. The molecule has 108 valence electrons. The van der Waals surface area contributed by atoms with Crippen molar-refractivity contribution >= 4 is 18.0 Å². The van der Waals surface area contributed by atoms with Gasteiger partial charge in [0.15, 0.2) is 0 Å². The Morgan fingerprint density at radius 3 is 2.86 bits per heavy atom. The largest absolute Gasteiger partial charge is 0.478 e. The van der Waals surface area contributed by atoms with Gasteiger partial charge in [-0.15, -0.1) is 0 Å². The summed E-state index contributed by atoms with van der Waals surface area (Å²) in [4.78, 5) is 29.4. The zero-order valence-electron chi connectivity index (χ0n) is 11.5. The van der Waals surface area contributed by atoms with Gasteiger partial charge in [0.2, 0.25) is 0 Å². The maximum atomic E-state index is 12.1. The number of aromatic amines is 1. The minimum absolute atomic E-state index is 0.224. The van der Waals surface area contributed by atoms with Gasteiger partial charge < -0.3 is 15.4 Å². The maximum absolute atomic E-state index is 12.1. The molecule has 0 radical (unpaired) electrons. The van der Waals surface area contributed by atoms with Crippen molar-refractivity contribution in [2.24, 2.45) is 0 Å². The minimum Gasteiger partial charge on any atom is -0.478 e. The lowest BCUT2D eigenvalue weighted by atomic mass is 10.1. The zero-order chi connectivity index (χ0) is 15.2. The second-order valence-electron chi connectivity index (χ2n) is 4.56. The zero-order valence-corrected chi connectivity index (χ0v) is 11.5. The first-order valence-corrected chi connectivity index (χ1v) is 6.33. The number of amides is 1. The van der Waals surface area contributed by atoms with Gasteiger partial charge in [0.1, 0.15) is 0 Å². The summed E-state index contributed by atoms with van der Waals surface area (Å²) in [5, 5.41) is 11.4. The number of hydrogen-bond donors (Lipinski definition) is 3. The number of aryl methyl sites for hydroxylation is 1. The highest BCUT2D eigenvalue weighted by atomic mass is 16.4. The monoisotopic (exact) mass is 285 g/mol. The number of aromatic nitrogens is 2. The number of hydrogen-bond acceptors (Lipinski definition) is 3. The summed E-state index contributed by atoms with van der Waals surface area (Å²) in [5.74, 6) is -1.25. The molecule has 6 nitrogen and oxygen atoms in total. The van der Waals surface area contributed by atoms with E-state index in [2.05, 4.69) is 15.3 Å². The van der Waals surface area contributed by atoms with Crippen LogP contribution in [-0.4, -0.2) is 27.0 Å². The summed E-state index contributed by atoms with van der Waals surface area (Å²) >= 11 is 0. The lowest BCUT2D eigenvalue weighted by molar-refractivity contribution is -0.131. The van der Waals surface area contributed by atoms with E-state index in [9.17, 15) is 9.59 Å². The highest BCUT2D eigenvalue weighted by molar-refractivity contribution is 5.95. The van der Waals surface area contributed by atoms with Crippen LogP contribution in [0.3, 0.4) is 0 Å². The topological polar surface area (TPSA) is 95.1 Å². The predicted molar refractivity (Wildman–Crippen MR) is 77.6 cm³/mol. The molecule has 21 heavy (non-hydrogen) atoms. The van der Waals surface area contributed by atoms with Crippen LogP contribution >= 0.6 is 0 Å². The molecule has 0 saturated carbocycles. The van der Waals surface area contributed by atoms with Crippen molar-refractivity contribution in [3.8, 4) is 0 Å². The standard InChI is InChI=1S/C15H15N3O3/c1-10-4-11(2-3-14(19)20)6-12(5-10)15(21)17-8-13-7-16-9-18-13/h2-7,9H,8H2,1H3,(H,16,18)(H,17,21)(H,19,20)/b3-2+. The Labute approximate surface area is 121 Å². The number of aliphatic carboxylic acids is 1. The van der Waals surface area contributed by atoms with E-state index < -0.39 is 5.97 Å². The van der Waals surface area contributed by atoms with Crippen molar-refractivity contribution in [1.29, 1.82) is 0 Å². The number of rotatable bonds is 5. The average Bonchev–Trinajstić information content (AvgIpc) is 2.95. The number of benzene rings is 1. The smallest absolute Gasteiger partial charge is 0.328 e. The normalized spacial score (nSPS) is 10.7. The van der Waals surface area contributed by atoms with Crippen LogP contribution in [0.25, 0.3) is 6.08 Å². The van der Waals surface area contributed by atoms with Crippen LogP contribution in [-0.2, 0) is 11.3 Å². The molecule has 0 atom stereocenters. The minimum atomic E-state index is -1.03. The SMILES string of the molecule is Cc1cc(/C=C/C(=O)O)cc(C(=O)NCc2cnc[nH]2)c1. The number of carboxylic acids is 1. The molecule has 1 amide bonds. The van der Waals surface area contributed by atoms with E-state index >= 15 is 0 Å². The summed E-state index contributed by atoms with van der Waals surface area (Å²) in [7, 11) is 0. The molecule has 6 heteroatoms. The van der Waals surface area contributed by atoms with Gasteiger partial charge in [0, 0.05) is 17.8 Å². The van der Waals surface area contributed by atoms with E-state index in [1.54, 1.807) is 24.7 Å². The second-order valence-corrected chi connectivity index (χ2v) is 4.56. The summed E-state index contributed by atoms with van der Waals surface area (Å²) in [5.41, 5.74) is 2.85. The molecule has 2 rings (SSSR count). The molecule has 2 aromatic rings. The summed E-state index contributed by atoms with van der Waals surface area (Å²) in [6.07, 6.45) is 5.68. The van der Waals surface area contributed by atoms with Crippen LogP contribution in [0.2, 0.25) is 0 Å². The average molecular weight is 285 g/mol. The number of nitrogens with zero attached hydrogens (tertiary/aromatic N) is 1. The van der Waals surface area contributed by atoms with E-state index in [-0.39, 0.29) is 5.91 Å². The molecule has 0 fully saturated rings. The number of H-pyrrole nitrogens is 1. The number of carboxylic acid groups (broad SMARTS) is 1. The Balaban J connectivity index is 2.11. The molecule has 1 heterocycles. The third-order valence-electron chi connectivity index (χ3n) is 2.77. The van der Waals surface area contributed by atoms with Gasteiger partial charge in [-0.1, -0.05) is 6.07 Å². The molecule has 0 unspecified atom stereocenters. The summed E-state index contributed by atoms with van der Waals surface area (Å²) < 4.78 is 0. The molecular weight excluding hydrogens is 270 g/mol. The van der Waals surface area contributed by atoms with Crippen LogP contribution in [0.4, 0.5) is 0 Å². The lowest BCUT2D eigenvalue weighted by Crippen LogP contribution is -2.23. The molecule has 0 spiro atoms. The van der Waals surface area contributed by atoms with Gasteiger partial charge in [-0.25, -0.2) is 9.78 Å². The maximum Gasteiger partial charge on any atom is 0.328 e. The predicted octanol–water partition coefficient (Wildman–Crippen LogP) is 1.75. The molecule has 1 aromatic carbocycles. The first-order chi connectivity index (χ1) is 10.0. The number of carbonyl (C=O) groups is 2. The molecule has 0 bridgehead atoms. The van der Waals surface area contributed by atoms with Crippen molar-refractivity contribution in [2.75, 3.05) is 0 Å². The quantitative estimate of drug-likeness (QED) is 0.729. The Hall–Kier alpha value is -2.89. The lowest BCUT2D eigenvalue weighted by Gasteiger charge is -2.06. The number of carbonyl (C=O) groups excluding carboxylic acids is 1. The number of nitrogens with one attached hydrogen (secondary N) is 2. The Morgan fingerprint density at radius 1 is 1.38 bits per heavy atom.